The lowest BCUT2D eigenvalue weighted by molar-refractivity contribution is 0.0694. The standard InChI is InChI=1S/C20H26N4O/c1-20(2)14-17(16-9-4-5-10-18(16)25-20)24-19(21-3)23-13-11-15-8-6-7-12-22-15/h4-10,12,17H,11,13-14H2,1-3H3,(H2,21,23,24). The number of nitrogens with zero attached hydrogens (tertiary/aromatic N) is 2. The van der Waals surface area contributed by atoms with Crippen LogP contribution in [0, 0.1) is 0 Å². The maximum Gasteiger partial charge on any atom is 0.191 e. The molecule has 0 spiro atoms. The van der Waals surface area contributed by atoms with E-state index in [0.717, 1.165) is 36.8 Å². The van der Waals surface area contributed by atoms with Crippen LogP contribution in [0.4, 0.5) is 0 Å². The molecule has 1 aromatic carbocycles. The number of pyridine rings is 1. The fraction of sp³-hybridized carbons (Fsp3) is 0.400. The van der Waals surface area contributed by atoms with Gasteiger partial charge >= 0.3 is 0 Å². The van der Waals surface area contributed by atoms with Crippen LogP contribution in [0.25, 0.3) is 0 Å². The Balaban J connectivity index is 1.63. The number of benzene rings is 1. The zero-order valence-corrected chi connectivity index (χ0v) is 15.1. The summed E-state index contributed by atoms with van der Waals surface area (Å²) in [6.07, 6.45) is 3.56. The summed E-state index contributed by atoms with van der Waals surface area (Å²) in [6.45, 7) is 5.02. The summed E-state index contributed by atoms with van der Waals surface area (Å²) >= 11 is 0. The van der Waals surface area contributed by atoms with Gasteiger partial charge in [0, 0.05) is 43.9 Å². The Kier molecular flexibility index (Phi) is 5.22. The van der Waals surface area contributed by atoms with Crippen molar-refractivity contribution in [3.63, 3.8) is 0 Å². The Bertz CT molecular complexity index is 727. The molecule has 25 heavy (non-hydrogen) atoms. The molecule has 0 aliphatic carbocycles. The average molecular weight is 338 g/mol. The van der Waals surface area contributed by atoms with E-state index in [1.165, 1.54) is 5.56 Å². The van der Waals surface area contributed by atoms with Crippen LogP contribution in [-0.2, 0) is 6.42 Å². The van der Waals surface area contributed by atoms with Gasteiger partial charge < -0.3 is 15.4 Å². The zero-order valence-electron chi connectivity index (χ0n) is 15.1. The van der Waals surface area contributed by atoms with Crippen LogP contribution in [0.1, 0.15) is 37.6 Å². The van der Waals surface area contributed by atoms with Gasteiger partial charge in [-0.2, -0.15) is 0 Å². The predicted molar refractivity (Wildman–Crippen MR) is 101 cm³/mol. The van der Waals surface area contributed by atoms with Gasteiger partial charge in [-0.3, -0.25) is 9.98 Å². The highest BCUT2D eigenvalue weighted by atomic mass is 16.5. The molecule has 0 radical (unpaired) electrons. The summed E-state index contributed by atoms with van der Waals surface area (Å²) in [4.78, 5) is 8.72. The van der Waals surface area contributed by atoms with E-state index in [1.54, 1.807) is 7.05 Å². The number of aromatic nitrogens is 1. The second-order valence-electron chi connectivity index (χ2n) is 6.87. The first kappa shape index (κ1) is 17.3. The van der Waals surface area contributed by atoms with Crippen molar-refractivity contribution in [2.24, 2.45) is 4.99 Å². The van der Waals surface area contributed by atoms with Gasteiger partial charge in [-0.25, -0.2) is 0 Å². The molecule has 0 bridgehead atoms. The molecular weight excluding hydrogens is 312 g/mol. The van der Waals surface area contributed by atoms with E-state index < -0.39 is 0 Å². The van der Waals surface area contributed by atoms with Crippen LogP contribution in [0.5, 0.6) is 5.75 Å². The lowest BCUT2D eigenvalue weighted by Crippen LogP contribution is -2.45. The van der Waals surface area contributed by atoms with Gasteiger partial charge in [0.2, 0.25) is 0 Å². The highest BCUT2D eigenvalue weighted by Crippen LogP contribution is 2.39. The van der Waals surface area contributed by atoms with Crippen LogP contribution in [0.3, 0.4) is 0 Å². The molecule has 2 heterocycles. The second-order valence-corrected chi connectivity index (χ2v) is 6.87. The Hall–Kier alpha value is -2.56. The van der Waals surface area contributed by atoms with Crippen molar-refractivity contribution in [1.82, 2.24) is 15.6 Å². The molecule has 1 unspecified atom stereocenters. The summed E-state index contributed by atoms with van der Waals surface area (Å²) in [5.74, 6) is 1.74. The molecular formula is C20H26N4O. The molecule has 3 rings (SSSR count). The molecule has 1 aliphatic heterocycles. The molecule has 5 heteroatoms. The normalized spacial score (nSPS) is 18.8. The Morgan fingerprint density at radius 2 is 2.04 bits per heavy atom. The van der Waals surface area contributed by atoms with Crippen molar-refractivity contribution < 1.29 is 4.74 Å². The molecule has 132 valence electrons. The first-order valence-corrected chi connectivity index (χ1v) is 8.72. The second kappa shape index (κ2) is 7.55. The van der Waals surface area contributed by atoms with Crippen LogP contribution in [0.15, 0.2) is 53.7 Å². The minimum absolute atomic E-state index is 0.168. The number of fused-ring (bicyclic) bond motifs is 1. The van der Waals surface area contributed by atoms with Crippen molar-refractivity contribution in [2.75, 3.05) is 13.6 Å². The number of nitrogens with one attached hydrogen (secondary N) is 2. The van der Waals surface area contributed by atoms with E-state index in [2.05, 4.69) is 40.5 Å². The van der Waals surface area contributed by atoms with Crippen LogP contribution in [-0.4, -0.2) is 30.1 Å². The molecule has 1 atom stereocenters. The van der Waals surface area contributed by atoms with Gasteiger partial charge in [-0.05, 0) is 32.0 Å². The van der Waals surface area contributed by atoms with E-state index in [0.29, 0.717) is 0 Å². The van der Waals surface area contributed by atoms with Crippen LogP contribution in [0.2, 0.25) is 0 Å². The molecule has 0 saturated carbocycles. The first-order valence-electron chi connectivity index (χ1n) is 8.72. The number of aliphatic imine (C=N–C) groups is 1. The number of para-hydroxylation sites is 1. The fourth-order valence-corrected chi connectivity index (χ4v) is 3.15. The Morgan fingerprint density at radius 3 is 2.80 bits per heavy atom. The summed E-state index contributed by atoms with van der Waals surface area (Å²) in [5, 5.41) is 6.92. The summed E-state index contributed by atoms with van der Waals surface area (Å²) in [5.41, 5.74) is 2.04. The van der Waals surface area contributed by atoms with Crippen molar-refractivity contribution in [2.45, 2.75) is 38.3 Å². The third-order valence-electron chi connectivity index (χ3n) is 4.31. The number of hydrogen-bond donors (Lipinski definition) is 2. The van der Waals surface area contributed by atoms with Crippen molar-refractivity contribution >= 4 is 5.96 Å². The van der Waals surface area contributed by atoms with Gasteiger partial charge in [-0.15, -0.1) is 0 Å². The average Bonchev–Trinajstić information content (AvgIpc) is 2.60. The summed E-state index contributed by atoms with van der Waals surface area (Å²) in [7, 11) is 1.80. The van der Waals surface area contributed by atoms with Crippen LogP contribution >= 0.6 is 0 Å². The van der Waals surface area contributed by atoms with Crippen LogP contribution < -0.4 is 15.4 Å². The zero-order chi connectivity index (χ0) is 17.7. The molecule has 1 aliphatic rings. The molecule has 2 N–H and O–H groups in total. The lowest BCUT2D eigenvalue weighted by Gasteiger charge is -2.38. The van der Waals surface area contributed by atoms with E-state index in [-0.39, 0.29) is 11.6 Å². The highest BCUT2D eigenvalue weighted by molar-refractivity contribution is 5.80. The molecule has 2 aromatic rings. The number of rotatable bonds is 4. The Labute approximate surface area is 149 Å². The molecule has 0 saturated heterocycles. The van der Waals surface area contributed by atoms with Crippen molar-refractivity contribution in [3.8, 4) is 5.75 Å². The molecule has 5 nitrogen and oxygen atoms in total. The van der Waals surface area contributed by atoms with Crippen molar-refractivity contribution in [3.05, 3.63) is 59.9 Å². The van der Waals surface area contributed by atoms with E-state index in [9.17, 15) is 0 Å². The third kappa shape index (κ3) is 4.50. The first-order chi connectivity index (χ1) is 12.1. The van der Waals surface area contributed by atoms with Crippen molar-refractivity contribution in [1.29, 1.82) is 0 Å². The van der Waals surface area contributed by atoms with Gasteiger partial charge in [0.1, 0.15) is 11.4 Å². The predicted octanol–water partition coefficient (Wildman–Crippen LogP) is 3.09. The van der Waals surface area contributed by atoms with Gasteiger partial charge in [-0.1, -0.05) is 24.3 Å². The monoisotopic (exact) mass is 338 g/mol. The minimum Gasteiger partial charge on any atom is -0.487 e. The molecule has 1 aromatic heterocycles. The maximum atomic E-state index is 6.10. The fourth-order valence-electron chi connectivity index (χ4n) is 3.15. The minimum atomic E-state index is -0.209. The van der Waals surface area contributed by atoms with E-state index >= 15 is 0 Å². The number of guanidine groups is 1. The quantitative estimate of drug-likeness (QED) is 0.664. The topological polar surface area (TPSA) is 58.5 Å². The summed E-state index contributed by atoms with van der Waals surface area (Å²) in [6, 6.07) is 14.4. The number of ether oxygens (including phenoxy) is 1. The lowest BCUT2D eigenvalue weighted by atomic mass is 9.90. The third-order valence-corrected chi connectivity index (χ3v) is 4.31. The number of hydrogen-bond acceptors (Lipinski definition) is 3. The molecule has 0 fully saturated rings. The highest BCUT2D eigenvalue weighted by Gasteiger charge is 2.33. The smallest absolute Gasteiger partial charge is 0.191 e. The van der Waals surface area contributed by atoms with Gasteiger partial charge in [0.15, 0.2) is 5.96 Å². The van der Waals surface area contributed by atoms with Gasteiger partial charge in [0.05, 0.1) is 6.04 Å². The van der Waals surface area contributed by atoms with E-state index in [1.807, 2.05) is 42.6 Å². The van der Waals surface area contributed by atoms with E-state index in [4.69, 9.17) is 4.74 Å². The summed E-state index contributed by atoms with van der Waals surface area (Å²) < 4.78 is 6.10. The maximum absolute atomic E-state index is 6.10. The SMILES string of the molecule is CN=C(NCCc1ccccn1)NC1CC(C)(C)Oc2ccccc21. The largest absolute Gasteiger partial charge is 0.487 e. The molecule has 0 amide bonds. The Morgan fingerprint density at radius 1 is 1.24 bits per heavy atom. The van der Waals surface area contributed by atoms with Gasteiger partial charge in [0.25, 0.3) is 0 Å².